The maximum absolute atomic E-state index is 13.5. The number of nitrogens with zero attached hydrogens (tertiary/aromatic N) is 3. The summed E-state index contributed by atoms with van der Waals surface area (Å²) in [5.41, 5.74) is 1.21. The van der Waals surface area contributed by atoms with Gasteiger partial charge in [0, 0.05) is 29.9 Å². The molecule has 0 aliphatic heterocycles. The third-order valence-corrected chi connectivity index (χ3v) is 4.62. The maximum Gasteiger partial charge on any atom is 0.411 e. The molecule has 0 spiro atoms. The third-order valence-electron chi connectivity index (χ3n) is 4.62. The second kappa shape index (κ2) is 11.4. The van der Waals surface area contributed by atoms with Gasteiger partial charge in [-0.05, 0) is 55.9 Å². The molecule has 1 aromatic heterocycles. The number of carboxylic acid groups (broad SMARTS) is 1. The van der Waals surface area contributed by atoms with Gasteiger partial charge in [0.1, 0.15) is 11.6 Å². The number of amides is 1. The van der Waals surface area contributed by atoms with Gasteiger partial charge in [0.15, 0.2) is 0 Å². The molecule has 0 atom stereocenters. The van der Waals surface area contributed by atoms with Crippen LogP contribution in [0.3, 0.4) is 0 Å². The second-order valence-electron chi connectivity index (χ2n) is 6.93. The number of benzene rings is 2. The van der Waals surface area contributed by atoms with Gasteiger partial charge in [0.05, 0.1) is 12.2 Å². The van der Waals surface area contributed by atoms with Crippen LogP contribution in [0.5, 0.6) is 0 Å². The lowest BCUT2D eigenvalue weighted by molar-refractivity contribution is 0.201. The van der Waals surface area contributed by atoms with E-state index in [2.05, 4.69) is 10.4 Å². The van der Waals surface area contributed by atoms with Gasteiger partial charge in [-0.2, -0.15) is 5.10 Å². The molecule has 0 radical (unpaired) electrons. The Labute approximate surface area is 189 Å². The molecule has 1 amide bonds. The standard InChI is InChI=1S/C22H22F2N4O3.ClH/c1-25-8-3-9-27(22(30)31)19-5-2-4-15(10-19)14-28-21(29)7-6-20(26-28)16-11-17(23)13-18(24)12-16;/h2,4-7,10-13,25H,3,8-9,14H2,1H3,(H,30,31);1H. The number of hydrogen-bond donors (Lipinski definition) is 2. The minimum absolute atomic E-state index is 0. The van der Waals surface area contributed by atoms with Crippen molar-refractivity contribution in [3.8, 4) is 11.3 Å². The summed E-state index contributed by atoms with van der Waals surface area (Å²) in [5, 5.41) is 16.7. The van der Waals surface area contributed by atoms with Crippen molar-refractivity contribution >= 4 is 24.2 Å². The zero-order chi connectivity index (χ0) is 22.4. The Kier molecular flexibility index (Phi) is 8.86. The number of nitrogens with one attached hydrogen (secondary N) is 1. The summed E-state index contributed by atoms with van der Waals surface area (Å²) >= 11 is 0. The number of halogens is 3. The summed E-state index contributed by atoms with van der Waals surface area (Å²) in [7, 11) is 1.79. The Morgan fingerprint density at radius 2 is 1.84 bits per heavy atom. The summed E-state index contributed by atoms with van der Waals surface area (Å²) in [6.45, 7) is 1.07. The Morgan fingerprint density at radius 3 is 2.50 bits per heavy atom. The summed E-state index contributed by atoms with van der Waals surface area (Å²) in [4.78, 5) is 25.2. The lowest BCUT2D eigenvalue weighted by atomic mass is 10.1. The molecule has 10 heteroatoms. The minimum Gasteiger partial charge on any atom is -0.465 e. The molecule has 7 nitrogen and oxygen atoms in total. The molecular weight excluding hydrogens is 442 g/mol. The molecule has 0 bridgehead atoms. The fraction of sp³-hybridized carbons (Fsp3) is 0.227. The molecule has 170 valence electrons. The summed E-state index contributed by atoms with van der Waals surface area (Å²) in [6, 6.07) is 12.5. The fourth-order valence-corrected chi connectivity index (χ4v) is 3.16. The second-order valence-corrected chi connectivity index (χ2v) is 6.93. The van der Waals surface area contributed by atoms with Crippen molar-refractivity contribution in [3.05, 3.63) is 82.1 Å². The molecule has 3 rings (SSSR count). The van der Waals surface area contributed by atoms with Gasteiger partial charge in [-0.15, -0.1) is 12.4 Å². The lowest BCUT2D eigenvalue weighted by Gasteiger charge is -2.20. The van der Waals surface area contributed by atoms with Crippen LogP contribution in [-0.4, -0.2) is 41.1 Å². The van der Waals surface area contributed by atoms with Crippen LogP contribution in [0.2, 0.25) is 0 Å². The van der Waals surface area contributed by atoms with Gasteiger partial charge in [-0.3, -0.25) is 9.69 Å². The highest BCUT2D eigenvalue weighted by Crippen LogP contribution is 2.20. The van der Waals surface area contributed by atoms with E-state index in [1.54, 1.807) is 31.3 Å². The molecule has 3 aromatic rings. The van der Waals surface area contributed by atoms with Crippen LogP contribution in [0.15, 0.2) is 59.4 Å². The van der Waals surface area contributed by atoms with Crippen LogP contribution in [0.4, 0.5) is 19.3 Å². The Hall–Kier alpha value is -3.30. The van der Waals surface area contributed by atoms with E-state index >= 15 is 0 Å². The van der Waals surface area contributed by atoms with Gasteiger partial charge in [0.2, 0.25) is 0 Å². The molecule has 0 saturated heterocycles. The molecule has 2 N–H and O–H groups in total. The van der Waals surface area contributed by atoms with Crippen molar-refractivity contribution in [2.45, 2.75) is 13.0 Å². The first-order chi connectivity index (χ1) is 14.9. The lowest BCUT2D eigenvalue weighted by Crippen LogP contribution is -2.32. The number of anilines is 1. The smallest absolute Gasteiger partial charge is 0.411 e. The zero-order valence-electron chi connectivity index (χ0n) is 17.3. The molecule has 0 saturated carbocycles. The number of hydrogen-bond acceptors (Lipinski definition) is 4. The summed E-state index contributed by atoms with van der Waals surface area (Å²) in [5.74, 6) is -1.48. The first-order valence-electron chi connectivity index (χ1n) is 9.66. The van der Waals surface area contributed by atoms with Gasteiger partial charge in [0.25, 0.3) is 5.56 Å². The summed E-state index contributed by atoms with van der Waals surface area (Å²) in [6.07, 6.45) is -0.432. The van der Waals surface area contributed by atoms with Crippen LogP contribution in [0.1, 0.15) is 12.0 Å². The zero-order valence-corrected chi connectivity index (χ0v) is 18.1. The number of aromatic nitrogens is 2. The van der Waals surface area contributed by atoms with Crippen LogP contribution >= 0.6 is 12.4 Å². The number of rotatable bonds is 8. The summed E-state index contributed by atoms with van der Waals surface area (Å²) < 4.78 is 28.3. The predicted octanol–water partition coefficient (Wildman–Crippen LogP) is 3.75. The van der Waals surface area contributed by atoms with Gasteiger partial charge < -0.3 is 10.4 Å². The van der Waals surface area contributed by atoms with E-state index in [1.165, 1.54) is 21.7 Å². The van der Waals surface area contributed by atoms with Crippen molar-refractivity contribution in [1.29, 1.82) is 0 Å². The average Bonchev–Trinajstić information content (AvgIpc) is 2.72. The van der Waals surface area contributed by atoms with E-state index < -0.39 is 23.3 Å². The first-order valence-corrected chi connectivity index (χ1v) is 9.66. The van der Waals surface area contributed by atoms with Crippen LogP contribution in [0, 0.1) is 11.6 Å². The average molecular weight is 465 g/mol. The molecule has 32 heavy (non-hydrogen) atoms. The third kappa shape index (κ3) is 6.35. The highest BCUT2D eigenvalue weighted by molar-refractivity contribution is 5.86. The Morgan fingerprint density at radius 1 is 1.12 bits per heavy atom. The Balaban J connectivity index is 0.00000363. The first kappa shape index (κ1) is 25.0. The van der Waals surface area contributed by atoms with Crippen LogP contribution in [-0.2, 0) is 6.54 Å². The molecule has 0 fully saturated rings. The number of carbonyl (C=O) groups is 1. The predicted molar refractivity (Wildman–Crippen MR) is 121 cm³/mol. The van der Waals surface area contributed by atoms with Crippen molar-refractivity contribution < 1.29 is 18.7 Å². The van der Waals surface area contributed by atoms with Gasteiger partial charge in [-0.25, -0.2) is 18.3 Å². The molecule has 0 aliphatic carbocycles. The topological polar surface area (TPSA) is 87.5 Å². The quantitative estimate of drug-likeness (QED) is 0.496. The molecule has 1 heterocycles. The monoisotopic (exact) mass is 464 g/mol. The maximum atomic E-state index is 13.5. The molecule has 2 aromatic carbocycles. The van der Waals surface area contributed by atoms with E-state index in [0.29, 0.717) is 30.8 Å². The SMILES string of the molecule is CNCCCN(C(=O)O)c1cccc(Cn2nc(-c3cc(F)cc(F)c3)ccc2=O)c1.Cl. The van der Waals surface area contributed by atoms with E-state index in [-0.39, 0.29) is 30.2 Å². The normalized spacial score (nSPS) is 10.5. The van der Waals surface area contributed by atoms with Crippen molar-refractivity contribution in [1.82, 2.24) is 15.1 Å². The van der Waals surface area contributed by atoms with E-state index in [4.69, 9.17) is 0 Å². The Bertz CT molecular complexity index is 1120. The molecular formula is C22H23ClF2N4O3. The van der Waals surface area contributed by atoms with E-state index in [1.807, 2.05) is 0 Å². The van der Waals surface area contributed by atoms with Crippen LogP contribution in [0.25, 0.3) is 11.3 Å². The van der Waals surface area contributed by atoms with Crippen molar-refractivity contribution in [2.24, 2.45) is 0 Å². The highest BCUT2D eigenvalue weighted by Gasteiger charge is 2.14. The molecule has 0 aliphatic rings. The van der Waals surface area contributed by atoms with Gasteiger partial charge in [-0.1, -0.05) is 12.1 Å². The largest absolute Gasteiger partial charge is 0.465 e. The fourth-order valence-electron chi connectivity index (χ4n) is 3.16. The van der Waals surface area contributed by atoms with Gasteiger partial charge >= 0.3 is 6.09 Å². The van der Waals surface area contributed by atoms with Crippen molar-refractivity contribution in [3.63, 3.8) is 0 Å². The van der Waals surface area contributed by atoms with E-state index in [9.17, 15) is 23.5 Å². The van der Waals surface area contributed by atoms with E-state index in [0.717, 1.165) is 18.2 Å². The molecule has 0 unspecified atom stereocenters. The van der Waals surface area contributed by atoms with Crippen molar-refractivity contribution in [2.75, 3.05) is 25.0 Å². The van der Waals surface area contributed by atoms with Crippen LogP contribution < -0.4 is 15.8 Å². The minimum atomic E-state index is -1.07. The highest BCUT2D eigenvalue weighted by atomic mass is 35.5.